The molecule has 1 aromatic carbocycles. The van der Waals surface area contributed by atoms with Crippen molar-refractivity contribution >= 4 is 22.8 Å². The van der Waals surface area contributed by atoms with Gasteiger partial charge in [-0.25, -0.2) is 0 Å². The number of carbonyl (C=O) groups is 2. The number of nitrogens with one attached hydrogen (secondary N) is 2. The fourth-order valence-electron chi connectivity index (χ4n) is 2.16. The predicted molar refractivity (Wildman–Crippen MR) is 85.4 cm³/mol. The van der Waals surface area contributed by atoms with Gasteiger partial charge in [-0.15, -0.1) is 0 Å². The standard InChI is InChI=1S/C17H22N2O3/c1-12(2)9-19-16(20)11-22-17(21)8-7-13-10-18-15-6-4-3-5-14(13)15/h3-6,10,12,18H,7-9,11H2,1-2H3,(H,19,20). The van der Waals surface area contributed by atoms with E-state index in [1.54, 1.807) is 0 Å². The SMILES string of the molecule is CC(C)CNC(=O)COC(=O)CCc1c[nH]c2ccccc12. The maximum atomic E-state index is 11.7. The molecule has 0 saturated carbocycles. The molecule has 2 rings (SSSR count). The molecule has 0 aliphatic rings. The number of aromatic amines is 1. The molecule has 0 spiro atoms. The second-order valence-electron chi connectivity index (χ2n) is 5.72. The number of aromatic nitrogens is 1. The molecule has 0 bridgehead atoms. The highest BCUT2D eigenvalue weighted by Gasteiger charge is 2.10. The first kappa shape index (κ1) is 16.1. The van der Waals surface area contributed by atoms with E-state index in [1.807, 2.05) is 44.3 Å². The van der Waals surface area contributed by atoms with Gasteiger partial charge in [-0.1, -0.05) is 32.0 Å². The Labute approximate surface area is 130 Å². The minimum absolute atomic E-state index is 0.209. The van der Waals surface area contributed by atoms with E-state index < -0.39 is 0 Å². The van der Waals surface area contributed by atoms with Crippen molar-refractivity contribution in [2.45, 2.75) is 26.7 Å². The molecule has 0 unspecified atom stereocenters. The van der Waals surface area contributed by atoms with Gasteiger partial charge in [-0.3, -0.25) is 9.59 Å². The number of amides is 1. The predicted octanol–water partition coefficient (Wildman–Crippen LogP) is 2.42. The molecule has 2 N–H and O–H groups in total. The minimum Gasteiger partial charge on any atom is -0.456 e. The summed E-state index contributed by atoms with van der Waals surface area (Å²) in [4.78, 5) is 26.3. The Hall–Kier alpha value is -2.30. The normalized spacial score (nSPS) is 10.9. The zero-order chi connectivity index (χ0) is 15.9. The van der Waals surface area contributed by atoms with Gasteiger partial charge in [0.05, 0.1) is 0 Å². The molecule has 0 saturated heterocycles. The van der Waals surface area contributed by atoms with Gasteiger partial charge in [0, 0.05) is 30.1 Å². The van der Waals surface area contributed by atoms with Crippen molar-refractivity contribution in [2.24, 2.45) is 5.92 Å². The van der Waals surface area contributed by atoms with E-state index in [0.29, 0.717) is 18.9 Å². The van der Waals surface area contributed by atoms with Gasteiger partial charge in [0.1, 0.15) is 0 Å². The monoisotopic (exact) mass is 302 g/mol. The number of fused-ring (bicyclic) bond motifs is 1. The molecule has 1 amide bonds. The van der Waals surface area contributed by atoms with Crippen molar-refractivity contribution in [2.75, 3.05) is 13.2 Å². The van der Waals surface area contributed by atoms with Crippen LogP contribution in [0.5, 0.6) is 0 Å². The topological polar surface area (TPSA) is 71.2 Å². The lowest BCUT2D eigenvalue weighted by molar-refractivity contribution is -0.148. The number of carbonyl (C=O) groups excluding carboxylic acids is 2. The first-order chi connectivity index (χ1) is 10.6. The number of rotatable bonds is 7. The lowest BCUT2D eigenvalue weighted by atomic mass is 10.1. The lowest BCUT2D eigenvalue weighted by Crippen LogP contribution is -2.31. The Morgan fingerprint density at radius 1 is 1.27 bits per heavy atom. The highest BCUT2D eigenvalue weighted by molar-refractivity contribution is 5.84. The van der Waals surface area contributed by atoms with Crippen molar-refractivity contribution < 1.29 is 14.3 Å². The Balaban J connectivity index is 1.75. The van der Waals surface area contributed by atoms with Crippen LogP contribution < -0.4 is 5.32 Å². The molecule has 2 aromatic rings. The summed E-state index contributed by atoms with van der Waals surface area (Å²) in [7, 11) is 0. The highest BCUT2D eigenvalue weighted by Crippen LogP contribution is 2.18. The van der Waals surface area contributed by atoms with Crippen LogP contribution in [0.3, 0.4) is 0 Å². The Morgan fingerprint density at radius 3 is 2.82 bits per heavy atom. The van der Waals surface area contributed by atoms with E-state index in [9.17, 15) is 9.59 Å². The molecule has 0 atom stereocenters. The first-order valence-electron chi connectivity index (χ1n) is 7.53. The first-order valence-corrected chi connectivity index (χ1v) is 7.53. The smallest absolute Gasteiger partial charge is 0.306 e. The van der Waals surface area contributed by atoms with Crippen LogP contribution in [0.2, 0.25) is 0 Å². The van der Waals surface area contributed by atoms with Crippen LogP contribution in [-0.2, 0) is 20.7 Å². The summed E-state index contributed by atoms with van der Waals surface area (Å²) in [5, 5.41) is 3.83. The number of aryl methyl sites for hydroxylation is 1. The van der Waals surface area contributed by atoms with Gasteiger partial charge in [0.25, 0.3) is 5.91 Å². The van der Waals surface area contributed by atoms with Crippen molar-refractivity contribution in [3.8, 4) is 0 Å². The van der Waals surface area contributed by atoms with Gasteiger partial charge in [-0.05, 0) is 24.0 Å². The summed E-state index contributed by atoms with van der Waals surface area (Å²) in [6, 6.07) is 7.95. The Morgan fingerprint density at radius 2 is 2.05 bits per heavy atom. The van der Waals surface area contributed by atoms with Crippen molar-refractivity contribution in [3.05, 3.63) is 36.0 Å². The average Bonchev–Trinajstić information content (AvgIpc) is 2.92. The zero-order valence-electron chi connectivity index (χ0n) is 13.0. The molecule has 1 heterocycles. The molecule has 118 valence electrons. The molecule has 5 heteroatoms. The zero-order valence-corrected chi connectivity index (χ0v) is 13.0. The molecule has 0 aliphatic heterocycles. The maximum absolute atomic E-state index is 11.7. The van der Waals surface area contributed by atoms with Crippen LogP contribution in [0.25, 0.3) is 10.9 Å². The van der Waals surface area contributed by atoms with E-state index in [4.69, 9.17) is 4.74 Å². The third-order valence-electron chi connectivity index (χ3n) is 3.35. The summed E-state index contributed by atoms with van der Waals surface area (Å²) in [6.45, 7) is 4.39. The highest BCUT2D eigenvalue weighted by atomic mass is 16.5. The van der Waals surface area contributed by atoms with E-state index in [0.717, 1.165) is 16.5 Å². The van der Waals surface area contributed by atoms with Gasteiger partial charge < -0.3 is 15.0 Å². The number of H-pyrrole nitrogens is 1. The second kappa shape index (κ2) is 7.64. The molecule has 22 heavy (non-hydrogen) atoms. The van der Waals surface area contributed by atoms with Gasteiger partial charge in [0.2, 0.25) is 0 Å². The van der Waals surface area contributed by atoms with Gasteiger partial charge in [0.15, 0.2) is 6.61 Å². The van der Waals surface area contributed by atoms with Crippen molar-refractivity contribution in [1.29, 1.82) is 0 Å². The van der Waals surface area contributed by atoms with E-state index >= 15 is 0 Å². The summed E-state index contributed by atoms with van der Waals surface area (Å²) in [6.07, 6.45) is 2.77. The van der Waals surface area contributed by atoms with Crippen LogP contribution in [-0.4, -0.2) is 30.0 Å². The number of hydrogen-bond donors (Lipinski definition) is 2. The Kier molecular flexibility index (Phi) is 5.58. The largest absolute Gasteiger partial charge is 0.456 e. The quantitative estimate of drug-likeness (QED) is 0.772. The maximum Gasteiger partial charge on any atom is 0.306 e. The number of ether oxygens (including phenoxy) is 1. The lowest BCUT2D eigenvalue weighted by Gasteiger charge is -2.08. The minimum atomic E-state index is -0.357. The van der Waals surface area contributed by atoms with E-state index in [-0.39, 0.29) is 24.9 Å². The Bertz CT molecular complexity index is 646. The number of para-hydroxylation sites is 1. The van der Waals surface area contributed by atoms with Crippen molar-refractivity contribution in [3.63, 3.8) is 0 Å². The van der Waals surface area contributed by atoms with Gasteiger partial charge in [-0.2, -0.15) is 0 Å². The summed E-state index contributed by atoms with van der Waals surface area (Å²) in [5.41, 5.74) is 2.13. The summed E-state index contributed by atoms with van der Waals surface area (Å²) in [5.74, 6) is -0.236. The third kappa shape index (κ3) is 4.62. The van der Waals surface area contributed by atoms with Crippen LogP contribution in [0.4, 0.5) is 0 Å². The third-order valence-corrected chi connectivity index (χ3v) is 3.35. The van der Waals surface area contributed by atoms with Crippen LogP contribution in [0, 0.1) is 5.92 Å². The molecule has 0 radical (unpaired) electrons. The number of benzene rings is 1. The summed E-state index contributed by atoms with van der Waals surface area (Å²) >= 11 is 0. The fourth-order valence-corrected chi connectivity index (χ4v) is 2.16. The van der Waals surface area contributed by atoms with E-state index in [1.165, 1.54) is 0 Å². The number of hydrogen-bond acceptors (Lipinski definition) is 3. The van der Waals surface area contributed by atoms with E-state index in [2.05, 4.69) is 10.3 Å². The molecule has 0 aliphatic carbocycles. The van der Waals surface area contributed by atoms with Crippen LogP contribution in [0.15, 0.2) is 30.5 Å². The molecule has 5 nitrogen and oxygen atoms in total. The van der Waals surface area contributed by atoms with Crippen LogP contribution in [0.1, 0.15) is 25.8 Å². The average molecular weight is 302 g/mol. The second-order valence-corrected chi connectivity index (χ2v) is 5.72. The molecular formula is C17H22N2O3. The fraction of sp³-hybridized carbons (Fsp3) is 0.412. The summed E-state index contributed by atoms with van der Waals surface area (Å²) < 4.78 is 4.99. The molecule has 0 fully saturated rings. The molecule has 1 aromatic heterocycles. The number of esters is 1. The van der Waals surface area contributed by atoms with Crippen LogP contribution >= 0.6 is 0 Å². The molecular weight excluding hydrogens is 280 g/mol. The van der Waals surface area contributed by atoms with Crippen molar-refractivity contribution in [1.82, 2.24) is 10.3 Å². The van der Waals surface area contributed by atoms with Gasteiger partial charge >= 0.3 is 5.97 Å².